The molecule has 0 saturated heterocycles. The molecule has 0 fully saturated rings. The Labute approximate surface area is 146 Å². The molecule has 0 aromatic heterocycles. The third-order valence-corrected chi connectivity index (χ3v) is 5.41. The molecule has 4 heteroatoms. The first-order chi connectivity index (χ1) is 11.5. The second-order valence-corrected chi connectivity index (χ2v) is 7.55. The van der Waals surface area contributed by atoms with Gasteiger partial charge < -0.3 is 5.32 Å². The van der Waals surface area contributed by atoms with Crippen molar-refractivity contribution in [1.29, 1.82) is 0 Å². The molecule has 3 rings (SSSR count). The minimum absolute atomic E-state index is 0.0511. The maximum absolute atomic E-state index is 12.5. The molecule has 1 amide bonds. The van der Waals surface area contributed by atoms with Crippen molar-refractivity contribution in [3.63, 3.8) is 0 Å². The van der Waals surface area contributed by atoms with Gasteiger partial charge in [0.1, 0.15) is 0 Å². The van der Waals surface area contributed by atoms with Gasteiger partial charge in [0.05, 0.1) is 10.9 Å². The van der Waals surface area contributed by atoms with Crippen LogP contribution in [0.15, 0.2) is 47.4 Å². The lowest BCUT2D eigenvalue weighted by Gasteiger charge is -2.14. The molecule has 0 spiro atoms. The van der Waals surface area contributed by atoms with Crippen molar-refractivity contribution in [3.8, 4) is 0 Å². The van der Waals surface area contributed by atoms with Gasteiger partial charge in [0.15, 0.2) is 5.78 Å². The van der Waals surface area contributed by atoms with Crippen LogP contribution in [0.2, 0.25) is 0 Å². The Bertz CT molecular complexity index is 785. The molecule has 0 radical (unpaired) electrons. The number of fused-ring (bicyclic) bond motifs is 1. The number of Topliss-reactive ketones (excluding diaryl/α,β-unsaturated/α-hetero) is 1. The standard InChI is InChI=1S/C20H21NO2S/c1-13(22)18-8-3-4-9-19(18)21-20(23)14(2)24-17-11-10-15-6-5-7-16(15)12-17/h3-4,8-12,14H,5-7H2,1-2H3,(H,21,23)/t14-/m0/s1. The van der Waals surface area contributed by atoms with Crippen LogP contribution >= 0.6 is 11.8 Å². The van der Waals surface area contributed by atoms with Crippen molar-refractivity contribution in [1.82, 2.24) is 0 Å². The van der Waals surface area contributed by atoms with Gasteiger partial charge in [0.25, 0.3) is 0 Å². The molecular weight excluding hydrogens is 318 g/mol. The lowest BCUT2D eigenvalue weighted by Crippen LogP contribution is -2.23. The van der Waals surface area contributed by atoms with E-state index in [0.29, 0.717) is 11.3 Å². The van der Waals surface area contributed by atoms with E-state index in [1.165, 1.54) is 24.5 Å². The van der Waals surface area contributed by atoms with Gasteiger partial charge in [0.2, 0.25) is 5.91 Å². The summed E-state index contributed by atoms with van der Waals surface area (Å²) in [6, 6.07) is 13.6. The molecule has 0 bridgehead atoms. The maximum atomic E-state index is 12.5. The van der Waals surface area contributed by atoms with E-state index in [4.69, 9.17) is 0 Å². The third-order valence-electron chi connectivity index (χ3n) is 4.32. The van der Waals surface area contributed by atoms with Crippen LogP contribution in [0, 0.1) is 0 Å². The highest BCUT2D eigenvalue weighted by atomic mass is 32.2. The number of anilines is 1. The maximum Gasteiger partial charge on any atom is 0.237 e. The summed E-state index contributed by atoms with van der Waals surface area (Å²) >= 11 is 1.55. The number of nitrogens with one attached hydrogen (secondary N) is 1. The smallest absolute Gasteiger partial charge is 0.237 e. The topological polar surface area (TPSA) is 46.2 Å². The number of carbonyl (C=O) groups is 2. The largest absolute Gasteiger partial charge is 0.324 e. The average molecular weight is 339 g/mol. The number of thioether (sulfide) groups is 1. The zero-order valence-electron chi connectivity index (χ0n) is 14.0. The summed E-state index contributed by atoms with van der Waals surface area (Å²) < 4.78 is 0. The monoisotopic (exact) mass is 339 g/mol. The van der Waals surface area contributed by atoms with Crippen LogP contribution < -0.4 is 5.32 Å². The lowest BCUT2D eigenvalue weighted by molar-refractivity contribution is -0.115. The molecule has 24 heavy (non-hydrogen) atoms. The van der Waals surface area contributed by atoms with Crippen molar-refractivity contribution in [2.24, 2.45) is 0 Å². The van der Waals surface area contributed by atoms with Crippen molar-refractivity contribution in [2.45, 2.75) is 43.3 Å². The van der Waals surface area contributed by atoms with Gasteiger partial charge in [0, 0.05) is 10.5 Å². The number of carbonyl (C=O) groups excluding carboxylic acids is 2. The average Bonchev–Trinajstić information content (AvgIpc) is 3.02. The van der Waals surface area contributed by atoms with Gasteiger partial charge in [-0.05, 0) is 68.5 Å². The highest BCUT2D eigenvalue weighted by molar-refractivity contribution is 8.00. The molecule has 2 aromatic rings. The molecule has 124 valence electrons. The first kappa shape index (κ1) is 16.8. The Morgan fingerprint density at radius 2 is 1.83 bits per heavy atom. The van der Waals surface area contributed by atoms with E-state index in [0.717, 1.165) is 17.7 Å². The van der Waals surface area contributed by atoms with E-state index in [9.17, 15) is 9.59 Å². The van der Waals surface area contributed by atoms with E-state index < -0.39 is 0 Å². The predicted molar refractivity (Wildman–Crippen MR) is 98.9 cm³/mol. The second kappa shape index (κ2) is 7.22. The molecule has 1 aliphatic rings. The number of benzene rings is 2. The van der Waals surface area contributed by atoms with Crippen LogP contribution in [-0.2, 0) is 17.6 Å². The predicted octanol–water partition coefficient (Wildman–Crippen LogP) is 4.50. The number of para-hydroxylation sites is 1. The Morgan fingerprint density at radius 1 is 1.08 bits per heavy atom. The van der Waals surface area contributed by atoms with Crippen molar-refractivity contribution in [3.05, 3.63) is 59.2 Å². The Kier molecular flexibility index (Phi) is 5.05. The molecule has 0 unspecified atom stereocenters. The van der Waals surface area contributed by atoms with Crippen LogP contribution in [0.1, 0.15) is 41.8 Å². The van der Waals surface area contributed by atoms with E-state index in [1.807, 2.05) is 13.0 Å². The first-order valence-corrected chi connectivity index (χ1v) is 9.12. The number of hydrogen-bond donors (Lipinski definition) is 1. The van der Waals surface area contributed by atoms with Crippen LogP contribution in [0.3, 0.4) is 0 Å². The van der Waals surface area contributed by atoms with Crippen LogP contribution in [-0.4, -0.2) is 16.9 Å². The zero-order valence-corrected chi connectivity index (χ0v) is 14.8. The molecule has 1 N–H and O–H groups in total. The fourth-order valence-corrected chi connectivity index (χ4v) is 3.94. The Morgan fingerprint density at radius 3 is 2.62 bits per heavy atom. The molecule has 2 aromatic carbocycles. The van der Waals surface area contributed by atoms with Gasteiger partial charge in [-0.2, -0.15) is 0 Å². The van der Waals surface area contributed by atoms with E-state index in [-0.39, 0.29) is 16.9 Å². The van der Waals surface area contributed by atoms with E-state index in [2.05, 4.69) is 23.5 Å². The Hall–Kier alpha value is -2.07. The van der Waals surface area contributed by atoms with Crippen molar-refractivity contribution in [2.75, 3.05) is 5.32 Å². The SMILES string of the molecule is CC(=O)c1ccccc1NC(=O)[C@H](C)Sc1ccc2c(c1)CCC2. The molecule has 0 saturated carbocycles. The van der Waals surface area contributed by atoms with Crippen LogP contribution in [0.25, 0.3) is 0 Å². The summed E-state index contributed by atoms with van der Waals surface area (Å²) in [5.74, 6) is -0.140. The number of rotatable bonds is 5. The van der Waals surface area contributed by atoms with Gasteiger partial charge in [-0.25, -0.2) is 0 Å². The summed E-state index contributed by atoms with van der Waals surface area (Å²) in [6.45, 7) is 3.40. The van der Waals surface area contributed by atoms with Gasteiger partial charge in [-0.15, -0.1) is 11.8 Å². The summed E-state index contributed by atoms with van der Waals surface area (Å²) in [5, 5.41) is 2.65. The van der Waals surface area contributed by atoms with Crippen molar-refractivity contribution >= 4 is 29.1 Å². The minimum Gasteiger partial charge on any atom is -0.324 e. The lowest BCUT2D eigenvalue weighted by atomic mass is 10.1. The van der Waals surface area contributed by atoms with E-state index >= 15 is 0 Å². The van der Waals surface area contributed by atoms with Crippen LogP contribution in [0.5, 0.6) is 0 Å². The second-order valence-electron chi connectivity index (χ2n) is 6.14. The number of ketones is 1. The first-order valence-electron chi connectivity index (χ1n) is 8.24. The number of hydrogen-bond acceptors (Lipinski definition) is 3. The zero-order chi connectivity index (χ0) is 17.1. The summed E-state index contributed by atoms with van der Waals surface area (Å²) in [6.07, 6.45) is 3.52. The fraction of sp³-hybridized carbons (Fsp3) is 0.300. The minimum atomic E-state index is -0.232. The van der Waals surface area contributed by atoms with Gasteiger partial charge in [-0.3, -0.25) is 9.59 Å². The molecule has 3 nitrogen and oxygen atoms in total. The highest BCUT2D eigenvalue weighted by Gasteiger charge is 2.18. The fourth-order valence-electron chi connectivity index (χ4n) is 3.01. The van der Waals surface area contributed by atoms with Gasteiger partial charge >= 0.3 is 0 Å². The van der Waals surface area contributed by atoms with E-state index in [1.54, 1.807) is 30.0 Å². The van der Waals surface area contributed by atoms with Gasteiger partial charge in [-0.1, -0.05) is 18.2 Å². The molecule has 1 aliphatic carbocycles. The normalized spacial score (nSPS) is 14.1. The number of aryl methyl sites for hydroxylation is 2. The Balaban J connectivity index is 1.68. The summed E-state index contributed by atoms with van der Waals surface area (Å²) in [4.78, 5) is 25.3. The molecular formula is C20H21NO2S. The third kappa shape index (κ3) is 3.70. The van der Waals surface area contributed by atoms with Crippen molar-refractivity contribution < 1.29 is 9.59 Å². The molecule has 0 aliphatic heterocycles. The molecule has 0 heterocycles. The van der Waals surface area contributed by atoms with Crippen LogP contribution in [0.4, 0.5) is 5.69 Å². The number of amides is 1. The summed E-state index contributed by atoms with van der Waals surface area (Å²) in [7, 11) is 0. The summed E-state index contributed by atoms with van der Waals surface area (Å²) in [5.41, 5.74) is 3.97. The highest BCUT2D eigenvalue weighted by Crippen LogP contribution is 2.30. The molecule has 1 atom stereocenters. The quantitative estimate of drug-likeness (QED) is 0.644.